The van der Waals surface area contributed by atoms with E-state index in [0.717, 1.165) is 20.0 Å². The van der Waals surface area contributed by atoms with Crippen LogP contribution >= 0.6 is 0 Å². The molecule has 1 aliphatic heterocycles. The van der Waals surface area contributed by atoms with E-state index >= 15 is 0 Å². The van der Waals surface area contributed by atoms with Gasteiger partial charge in [0.05, 0.1) is 0 Å². The zero-order valence-electron chi connectivity index (χ0n) is 11.4. The van der Waals surface area contributed by atoms with E-state index in [1.807, 2.05) is 13.8 Å². The van der Waals surface area contributed by atoms with Crippen molar-refractivity contribution in [2.75, 3.05) is 7.11 Å². The topological polar surface area (TPSA) is 95.5 Å². The molecular weight excluding hydrogens is 236 g/mol. The number of carbonyl (C=O) groups excluding carboxylic acids is 3. The monoisotopic (exact) mass is 258 g/mol. The quantitative estimate of drug-likeness (QED) is 0.650. The van der Waals surface area contributed by atoms with Crippen molar-refractivity contribution >= 4 is 17.8 Å². The van der Waals surface area contributed by atoms with E-state index in [-0.39, 0.29) is 5.92 Å². The van der Waals surface area contributed by atoms with Crippen molar-refractivity contribution in [3.05, 3.63) is 0 Å². The summed E-state index contributed by atoms with van der Waals surface area (Å²) in [7, 11) is 1.00. The lowest BCUT2D eigenvalue weighted by Gasteiger charge is -2.37. The Balaban J connectivity index is 0.00000137. The second kappa shape index (κ2) is 7.10. The van der Waals surface area contributed by atoms with Gasteiger partial charge in [-0.1, -0.05) is 27.2 Å². The number of carbonyl (C=O) groups is 3. The molecule has 0 saturated carbocycles. The maximum absolute atomic E-state index is 11.9. The average Bonchev–Trinajstić information content (AvgIpc) is 2.32. The number of urea groups is 1. The Morgan fingerprint density at radius 2 is 1.56 bits per heavy atom. The van der Waals surface area contributed by atoms with Crippen LogP contribution < -0.4 is 10.6 Å². The maximum atomic E-state index is 11.9. The highest BCUT2D eigenvalue weighted by atomic mass is 16.2. The van der Waals surface area contributed by atoms with E-state index in [0.29, 0.717) is 6.42 Å². The molecule has 1 rings (SSSR count). The Bertz CT molecular complexity index is 308. The van der Waals surface area contributed by atoms with Gasteiger partial charge in [0.2, 0.25) is 11.8 Å². The van der Waals surface area contributed by atoms with Crippen molar-refractivity contribution in [3.63, 3.8) is 0 Å². The van der Waals surface area contributed by atoms with Crippen LogP contribution in [0.5, 0.6) is 0 Å². The zero-order valence-corrected chi connectivity index (χ0v) is 11.4. The third-order valence-electron chi connectivity index (χ3n) is 3.39. The van der Waals surface area contributed by atoms with Gasteiger partial charge in [-0.3, -0.25) is 20.2 Å². The van der Waals surface area contributed by atoms with E-state index in [1.165, 1.54) is 0 Å². The van der Waals surface area contributed by atoms with Crippen LogP contribution in [0.2, 0.25) is 0 Å². The predicted molar refractivity (Wildman–Crippen MR) is 66.6 cm³/mol. The molecule has 0 aromatic rings. The lowest BCUT2D eigenvalue weighted by molar-refractivity contribution is -0.148. The lowest BCUT2D eigenvalue weighted by atomic mass is 9.70. The summed E-state index contributed by atoms with van der Waals surface area (Å²) in [5, 5.41) is 11.4. The highest BCUT2D eigenvalue weighted by Gasteiger charge is 2.52. The van der Waals surface area contributed by atoms with Crippen molar-refractivity contribution in [2.45, 2.75) is 40.0 Å². The van der Waals surface area contributed by atoms with Crippen molar-refractivity contribution in [1.29, 1.82) is 0 Å². The molecular formula is C12H22N2O4. The molecule has 6 heteroatoms. The van der Waals surface area contributed by atoms with Gasteiger partial charge in [0, 0.05) is 7.11 Å². The second-order valence-corrected chi connectivity index (χ2v) is 4.25. The number of hydrogen-bond donors (Lipinski definition) is 3. The summed E-state index contributed by atoms with van der Waals surface area (Å²) in [4.78, 5) is 34.8. The Labute approximate surface area is 107 Å². The van der Waals surface area contributed by atoms with E-state index in [1.54, 1.807) is 6.92 Å². The van der Waals surface area contributed by atoms with Gasteiger partial charge in [0.25, 0.3) is 0 Å². The van der Waals surface area contributed by atoms with Crippen LogP contribution in [-0.4, -0.2) is 30.1 Å². The molecule has 0 aromatic heterocycles. The normalized spacial score (nSPS) is 19.3. The summed E-state index contributed by atoms with van der Waals surface area (Å²) < 4.78 is 0. The fraction of sp³-hybridized carbons (Fsp3) is 0.750. The summed E-state index contributed by atoms with van der Waals surface area (Å²) in [5.41, 5.74) is -1.09. The number of aliphatic hydroxyl groups is 1. The van der Waals surface area contributed by atoms with Gasteiger partial charge >= 0.3 is 6.03 Å². The van der Waals surface area contributed by atoms with Gasteiger partial charge in [-0.05, 0) is 18.8 Å². The molecule has 1 saturated heterocycles. The van der Waals surface area contributed by atoms with Crippen LogP contribution in [0.1, 0.15) is 40.0 Å². The molecule has 0 radical (unpaired) electrons. The number of hydrogen-bond acceptors (Lipinski definition) is 4. The minimum atomic E-state index is -1.09. The van der Waals surface area contributed by atoms with Crippen LogP contribution in [0.25, 0.3) is 0 Å². The highest BCUT2D eigenvalue weighted by molar-refractivity contribution is 6.19. The van der Waals surface area contributed by atoms with E-state index in [4.69, 9.17) is 5.11 Å². The Hall–Kier alpha value is -1.43. The minimum absolute atomic E-state index is 0.0735. The Morgan fingerprint density at radius 3 is 1.89 bits per heavy atom. The molecule has 6 nitrogen and oxygen atoms in total. The number of rotatable bonds is 4. The van der Waals surface area contributed by atoms with Crippen molar-refractivity contribution in [3.8, 4) is 0 Å². The molecule has 3 N–H and O–H groups in total. The number of barbiturate groups is 1. The smallest absolute Gasteiger partial charge is 0.328 e. The van der Waals surface area contributed by atoms with E-state index < -0.39 is 23.3 Å². The van der Waals surface area contributed by atoms with Crippen LogP contribution in [0.15, 0.2) is 0 Å². The fourth-order valence-electron chi connectivity index (χ4n) is 2.36. The minimum Gasteiger partial charge on any atom is -0.400 e. The van der Waals surface area contributed by atoms with Crippen LogP contribution in [-0.2, 0) is 9.59 Å². The van der Waals surface area contributed by atoms with Gasteiger partial charge in [0.15, 0.2) is 0 Å². The number of aliphatic hydroxyl groups excluding tert-OH is 1. The summed E-state index contributed by atoms with van der Waals surface area (Å²) >= 11 is 0. The van der Waals surface area contributed by atoms with Crippen LogP contribution in [0.3, 0.4) is 0 Å². The van der Waals surface area contributed by atoms with E-state index in [2.05, 4.69) is 10.6 Å². The fourth-order valence-corrected chi connectivity index (χ4v) is 2.36. The van der Waals surface area contributed by atoms with Gasteiger partial charge in [-0.15, -0.1) is 0 Å². The molecule has 0 spiro atoms. The lowest BCUT2D eigenvalue weighted by Crippen LogP contribution is -2.64. The van der Waals surface area contributed by atoms with Crippen molar-refractivity contribution < 1.29 is 19.5 Å². The standard InChI is InChI=1S/C11H18N2O3.CH4O/c1-4-6-7(3)11(5-2)8(14)12-10(16)13-9(11)15;1-2/h7H,4-6H2,1-3H3,(H2,12,13,14,15,16);2H,1H3. The first kappa shape index (κ1) is 16.6. The summed E-state index contributed by atoms with van der Waals surface area (Å²) in [6.45, 7) is 5.67. The third kappa shape index (κ3) is 2.87. The Kier molecular flexibility index (Phi) is 6.54. The molecule has 18 heavy (non-hydrogen) atoms. The van der Waals surface area contributed by atoms with Gasteiger partial charge in [-0.2, -0.15) is 0 Å². The molecule has 0 aliphatic carbocycles. The first-order chi connectivity index (χ1) is 8.48. The van der Waals surface area contributed by atoms with Gasteiger partial charge < -0.3 is 5.11 Å². The van der Waals surface area contributed by atoms with Crippen LogP contribution in [0, 0.1) is 11.3 Å². The summed E-state index contributed by atoms with van der Waals surface area (Å²) in [6, 6.07) is -0.720. The van der Waals surface area contributed by atoms with Gasteiger partial charge in [-0.25, -0.2) is 4.79 Å². The molecule has 0 bridgehead atoms. The third-order valence-corrected chi connectivity index (χ3v) is 3.39. The summed E-state index contributed by atoms with van der Waals surface area (Å²) in [5.74, 6) is -1.01. The van der Waals surface area contributed by atoms with Crippen molar-refractivity contribution in [1.82, 2.24) is 10.6 Å². The molecule has 1 unspecified atom stereocenters. The first-order valence-corrected chi connectivity index (χ1v) is 6.10. The number of amides is 4. The SMILES string of the molecule is CCCC(C)C1(CC)C(=O)NC(=O)NC1=O.CO. The average molecular weight is 258 g/mol. The van der Waals surface area contributed by atoms with Gasteiger partial charge in [0.1, 0.15) is 5.41 Å². The molecule has 4 amide bonds. The number of nitrogens with one attached hydrogen (secondary N) is 2. The molecule has 1 aliphatic rings. The second-order valence-electron chi connectivity index (χ2n) is 4.25. The van der Waals surface area contributed by atoms with E-state index in [9.17, 15) is 14.4 Å². The molecule has 1 heterocycles. The first-order valence-electron chi connectivity index (χ1n) is 6.10. The maximum Gasteiger partial charge on any atom is 0.328 e. The number of imide groups is 2. The molecule has 104 valence electrons. The van der Waals surface area contributed by atoms with Crippen LogP contribution in [0.4, 0.5) is 4.79 Å². The highest BCUT2D eigenvalue weighted by Crippen LogP contribution is 2.36. The molecule has 0 aromatic carbocycles. The zero-order chi connectivity index (χ0) is 14.3. The Morgan fingerprint density at radius 1 is 1.11 bits per heavy atom. The largest absolute Gasteiger partial charge is 0.400 e. The van der Waals surface area contributed by atoms with Crippen molar-refractivity contribution in [2.24, 2.45) is 11.3 Å². The predicted octanol–water partition coefficient (Wildman–Crippen LogP) is 0.793. The molecule has 1 atom stereocenters. The molecule has 1 fully saturated rings. The summed E-state index contributed by atoms with van der Waals surface area (Å²) in [6.07, 6.45) is 2.08.